The van der Waals surface area contributed by atoms with E-state index in [0.29, 0.717) is 12.1 Å². The van der Waals surface area contributed by atoms with E-state index in [-0.39, 0.29) is 0 Å². The largest absolute Gasteiger partial charge is 0.327 e. The van der Waals surface area contributed by atoms with Crippen molar-refractivity contribution >= 4 is 0 Å². The first kappa shape index (κ1) is 13.9. The molecule has 0 spiro atoms. The van der Waals surface area contributed by atoms with Crippen molar-refractivity contribution in [2.45, 2.75) is 51.6 Å². The van der Waals surface area contributed by atoms with Gasteiger partial charge in [0, 0.05) is 25.2 Å². The fourth-order valence-corrected chi connectivity index (χ4v) is 2.55. The number of likely N-dealkylation sites (N-methyl/N-ethyl adjacent to an activating group) is 1. The first-order valence-electron chi connectivity index (χ1n) is 6.81. The zero-order valence-electron chi connectivity index (χ0n) is 11.3. The maximum Gasteiger partial charge on any atom is 0.0195 e. The summed E-state index contributed by atoms with van der Waals surface area (Å²) in [6.07, 6.45) is 4.98. The minimum absolute atomic E-state index is 0.366. The number of rotatable bonds is 5. The van der Waals surface area contributed by atoms with Gasteiger partial charge in [0.25, 0.3) is 0 Å². The Labute approximate surface area is 101 Å². The summed E-state index contributed by atoms with van der Waals surface area (Å²) in [6.45, 7) is 9.26. The third kappa shape index (κ3) is 4.81. The predicted molar refractivity (Wildman–Crippen MR) is 70.6 cm³/mol. The monoisotopic (exact) mass is 227 g/mol. The van der Waals surface area contributed by atoms with Crippen LogP contribution in [0.15, 0.2) is 0 Å². The Morgan fingerprint density at radius 2 is 2.12 bits per heavy atom. The van der Waals surface area contributed by atoms with E-state index < -0.39 is 0 Å². The molecule has 3 nitrogen and oxygen atoms in total. The standard InChI is InChI=1S/C13H29N3/c1-4-5-7-13(14)11-16-9-6-8-15(3)10-12(16)2/h12-13H,4-11,14H2,1-3H3. The summed E-state index contributed by atoms with van der Waals surface area (Å²) in [5.74, 6) is 0. The molecule has 0 saturated carbocycles. The van der Waals surface area contributed by atoms with Crippen LogP contribution < -0.4 is 5.73 Å². The number of nitrogens with two attached hydrogens (primary N) is 1. The van der Waals surface area contributed by atoms with Crippen molar-refractivity contribution < 1.29 is 0 Å². The van der Waals surface area contributed by atoms with E-state index in [1.807, 2.05) is 0 Å². The molecular formula is C13H29N3. The normalized spacial score (nSPS) is 26.6. The highest BCUT2D eigenvalue weighted by atomic mass is 15.2. The zero-order chi connectivity index (χ0) is 12.0. The van der Waals surface area contributed by atoms with Gasteiger partial charge in [0.15, 0.2) is 0 Å². The van der Waals surface area contributed by atoms with E-state index in [1.54, 1.807) is 0 Å². The smallest absolute Gasteiger partial charge is 0.0195 e. The second-order valence-electron chi connectivity index (χ2n) is 5.36. The van der Waals surface area contributed by atoms with Crippen molar-refractivity contribution in [1.82, 2.24) is 9.80 Å². The van der Waals surface area contributed by atoms with Crippen LogP contribution >= 0.6 is 0 Å². The molecule has 3 heteroatoms. The van der Waals surface area contributed by atoms with Crippen LogP contribution in [-0.2, 0) is 0 Å². The molecule has 0 aliphatic carbocycles. The summed E-state index contributed by atoms with van der Waals surface area (Å²) in [4.78, 5) is 5.01. The first-order valence-corrected chi connectivity index (χ1v) is 6.81. The molecule has 96 valence electrons. The van der Waals surface area contributed by atoms with Crippen LogP contribution in [0.2, 0.25) is 0 Å². The lowest BCUT2D eigenvalue weighted by molar-refractivity contribution is 0.188. The fraction of sp³-hybridized carbons (Fsp3) is 1.00. The maximum atomic E-state index is 6.18. The van der Waals surface area contributed by atoms with Crippen molar-refractivity contribution in [1.29, 1.82) is 0 Å². The number of unbranched alkanes of at least 4 members (excludes halogenated alkanes) is 1. The van der Waals surface area contributed by atoms with Gasteiger partial charge < -0.3 is 10.6 Å². The van der Waals surface area contributed by atoms with Crippen molar-refractivity contribution in [3.05, 3.63) is 0 Å². The molecule has 0 amide bonds. The van der Waals surface area contributed by atoms with E-state index in [4.69, 9.17) is 5.73 Å². The summed E-state index contributed by atoms with van der Waals surface area (Å²) < 4.78 is 0. The second kappa shape index (κ2) is 7.25. The molecule has 0 aromatic carbocycles. The summed E-state index contributed by atoms with van der Waals surface area (Å²) in [5.41, 5.74) is 6.18. The minimum atomic E-state index is 0.366. The Hall–Kier alpha value is -0.120. The van der Waals surface area contributed by atoms with Gasteiger partial charge in [-0.2, -0.15) is 0 Å². The third-order valence-corrected chi connectivity index (χ3v) is 3.58. The Morgan fingerprint density at radius 3 is 2.81 bits per heavy atom. The van der Waals surface area contributed by atoms with E-state index in [1.165, 1.54) is 45.3 Å². The molecule has 2 atom stereocenters. The van der Waals surface area contributed by atoms with Crippen molar-refractivity contribution in [3.63, 3.8) is 0 Å². The lowest BCUT2D eigenvalue weighted by Crippen LogP contribution is -2.44. The van der Waals surface area contributed by atoms with Gasteiger partial charge in [-0.25, -0.2) is 0 Å². The van der Waals surface area contributed by atoms with Crippen molar-refractivity contribution in [2.24, 2.45) is 5.73 Å². The Kier molecular flexibility index (Phi) is 6.32. The van der Waals surface area contributed by atoms with Gasteiger partial charge in [0.2, 0.25) is 0 Å². The fourth-order valence-electron chi connectivity index (χ4n) is 2.55. The number of hydrogen-bond acceptors (Lipinski definition) is 3. The van der Waals surface area contributed by atoms with Gasteiger partial charge in [-0.15, -0.1) is 0 Å². The van der Waals surface area contributed by atoms with Crippen molar-refractivity contribution in [2.75, 3.05) is 33.2 Å². The van der Waals surface area contributed by atoms with Gasteiger partial charge in [-0.3, -0.25) is 4.90 Å². The topological polar surface area (TPSA) is 32.5 Å². The molecule has 1 rings (SSSR count). The van der Waals surface area contributed by atoms with Gasteiger partial charge >= 0.3 is 0 Å². The molecule has 1 fully saturated rings. The molecule has 1 aliphatic heterocycles. The molecule has 2 unspecified atom stereocenters. The van der Waals surface area contributed by atoms with Crippen LogP contribution in [0, 0.1) is 0 Å². The van der Waals surface area contributed by atoms with E-state index >= 15 is 0 Å². The highest BCUT2D eigenvalue weighted by molar-refractivity contribution is 4.78. The molecule has 16 heavy (non-hydrogen) atoms. The molecule has 1 aliphatic rings. The van der Waals surface area contributed by atoms with Gasteiger partial charge in [-0.05, 0) is 39.9 Å². The summed E-state index contributed by atoms with van der Waals surface area (Å²) in [7, 11) is 2.22. The quantitative estimate of drug-likeness (QED) is 0.773. The van der Waals surface area contributed by atoms with E-state index in [2.05, 4.69) is 30.7 Å². The number of hydrogen-bond donors (Lipinski definition) is 1. The second-order valence-corrected chi connectivity index (χ2v) is 5.36. The SMILES string of the molecule is CCCCC(N)CN1CCCN(C)CC1C. The molecular weight excluding hydrogens is 198 g/mol. The Bertz CT molecular complexity index is 184. The van der Waals surface area contributed by atoms with Crippen LogP contribution in [0.5, 0.6) is 0 Å². The van der Waals surface area contributed by atoms with Crippen LogP contribution in [0.25, 0.3) is 0 Å². The lowest BCUT2D eigenvalue weighted by atomic mass is 10.1. The van der Waals surface area contributed by atoms with Crippen LogP contribution in [0.3, 0.4) is 0 Å². The molecule has 1 heterocycles. The minimum Gasteiger partial charge on any atom is -0.327 e. The highest BCUT2D eigenvalue weighted by Gasteiger charge is 2.20. The lowest BCUT2D eigenvalue weighted by Gasteiger charge is -2.30. The molecule has 0 aromatic heterocycles. The molecule has 0 radical (unpaired) electrons. The van der Waals surface area contributed by atoms with Crippen LogP contribution in [-0.4, -0.2) is 55.1 Å². The zero-order valence-corrected chi connectivity index (χ0v) is 11.3. The van der Waals surface area contributed by atoms with Gasteiger partial charge in [0.1, 0.15) is 0 Å². The predicted octanol–water partition coefficient (Wildman–Crippen LogP) is 1.53. The summed E-state index contributed by atoms with van der Waals surface area (Å²) in [6, 6.07) is 1.02. The first-order chi connectivity index (χ1) is 7.63. The highest BCUT2D eigenvalue weighted by Crippen LogP contribution is 2.10. The van der Waals surface area contributed by atoms with E-state index in [9.17, 15) is 0 Å². The van der Waals surface area contributed by atoms with Crippen molar-refractivity contribution in [3.8, 4) is 0 Å². The van der Waals surface area contributed by atoms with Crippen LogP contribution in [0.1, 0.15) is 39.5 Å². The molecule has 0 bridgehead atoms. The Balaban J connectivity index is 2.33. The average molecular weight is 227 g/mol. The van der Waals surface area contributed by atoms with Crippen LogP contribution in [0.4, 0.5) is 0 Å². The Morgan fingerprint density at radius 1 is 1.38 bits per heavy atom. The third-order valence-electron chi connectivity index (χ3n) is 3.58. The number of nitrogens with zero attached hydrogens (tertiary/aromatic N) is 2. The van der Waals surface area contributed by atoms with Gasteiger partial charge in [-0.1, -0.05) is 19.8 Å². The molecule has 2 N–H and O–H groups in total. The summed E-state index contributed by atoms with van der Waals surface area (Å²) in [5, 5.41) is 0. The van der Waals surface area contributed by atoms with E-state index in [0.717, 1.165) is 6.54 Å². The maximum absolute atomic E-state index is 6.18. The summed E-state index contributed by atoms with van der Waals surface area (Å²) >= 11 is 0. The average Bonchev–Trinajstić information content (AvgIpc) is 2.38. The van der Waals surface area contributed by atoms with Gasteiger partial charge in [0.05, 0.1) is 0 Å². The molecule has 0 aromatic rings. The molecule has 1 saturated heterocycles.